The van der Waals surface area contributed by atoms with E-state index in [1.165, 1.54) is 17.7 Å². The van der Waals surface area contributed by atoms with Gasteiger partial charge in [-0.25, -0.2) is 4.39 Å². The standard InChI is InChI=1S/C27H33FN4O4/c28-21-5-7-22(8-6-21)29-26(33)18-30-11-13-31(14-12-30)27(34)19-32-10-1-3-23(32)20-4-9-24-25(17-20)36-16-2-15-35-24/h4-9,17,23H,1-3,10-16,18-19H2,(H,29,33)/t23-/m1/s1. The van der Waals surface area contributed by atoms with Crippen LogP contribution in [0.3, 0.4) is 0 Å². The number of amides is 2. The van der Waals surface area contributed by atoms with Gasteiger partial charge in [-0.15, -0.1) is 0 Å². The predicted octanol–water partition coefficient (Wildman–Crippen LogP) is 2.91. The minimum Gasteiger partial charge on any atom is -0.490 e. The maximum Gasteiger partial charge on any atom is 0.238 e. The fourth-order valence-electron chi connectivity index (χ4n) is 5.15. The van der Waals surface area contributed by atoms with Gasteiger partial charge in [0.1, 0.15) is 5.82 Å². The SMILES string of the molecule is O=C(CN1CCN(C(=O)CN2CCC[C@@H]2c2ccc3c(c2)OCCCO3)CC1)Nc1ccc(F)cc1. The van der Waals surface area contributed by atoms with Crippen molar-refractivity contribution in [2.45, 2.75) is 25.3 Å². The molecule has 9 heteroatoms. The van der Waals surface area contributed by atoms with Crippen LogP contribution < -0.4 is 14.8 Å². The second kappa shape index (κ2) is 11.3. The van der Waals surface area contributed by atoms with Crippen LogP contribution in [0.5, 0.6) is 11.5 Å². The van der Waals surface area contributed by atoms with Gasteiger partial charge >= 0.3 is 0 Å². The second-order valence-electron chi connectivity index (χ2n) is 9.60. The third-order valence-corrected chi connectivity index (χ3v) is 7.08. The Labute approximate surface area is 210 Å². The summed E-state index contributed by atoms with van der Waals surface area (Å²) in [6.45, 7) is 5.36. The molecule has 0 spiro atoms. The number of likely N-dealkylation sites (tertiary alicyclic amines) is 1. The van der Waals surface area contributed by atoms with Gasteiger partial charge in [-0.05, 0) is 61.3 Å². The Kier molecular flexibility index (Phi) is 7.67. The molecule has 0 saturated carbocycles. The van der Waals surface area contributed by atoms with Gasteiger partial charge in [0, 0.05) is 44.3 Å². The molecule has 1 N–H and O–H groups in total. The fourth-order valence-corrected chi connectivity index (χ4v) is 5.15. The molecule has 1 atom stereocenters. The van der Waals surface area contributed by atoms with Crippen molar-refractivity contribution in [1.82, 2.24) is 14.7 Å². The molecule has 0 bridgehead atoms. The Morgan fingerprint density at radius 1 is 0.889 bits per heavy atom. The first-order valence-corrected chi connectivity index (χ1v) is 12.7. The number of benzene rings is 2. The van der Waals surface area contributed by atoms with Crippen LogP contribution in [0.25, 0.3) is 0 Å². The highest BCUT2D eigenvalue weighted by Gasteiger charge is 2.31. The van der Waals surface area contributed by atoms with Crippen LogP contribution in [0.4, 0.5) is 10.1 Å². The summed E-state index contributed by atoms with van der Waals surface area (Å²) >= 11 is 0. The zero-order valence-corrected chi connectivity index (χ0v) is 20.5. The first kappa shape index (κ1) is 24.5. The number of nitrogens with one attached hydrogen (secondary N) is 1. The number of hydrogen-bond donors (Lipinski definition) is 1. The summed E-state index contributed by atoms with van der Waals surface area (Å²) in [6, 6.07) is 12.1. The summed E-state index contributed by atoms with van der Waals surface area (Å²) in [4.78, 5) is 31.7. The van der Waals surface area contributed by atoms with Crippen molar-refractivity contribution in [3.8, 4) is 11.5 Å². The highest BCUT2D eigenvalue weighted by Crippen LogP contribution is 2.37. The molecule has 2 fully saturated rings. The molecule has 2 saturated heterocycles. The zero-order chi connectivity index (χ0) is 24.9. The molecular weight excluding hydrogens is 463 g/mol. The third-order valence-electron chi connectivity index (χ3n) is 7.08. The van der Waals surface area contributed by atoms with Gasteiger partial charge < -0.3 is 19.7 Å². The molecule has 0 aliphatic carbocycles. The number of fused-ring (bicyclic) bond motifs is 1. The van der Waals surface area contributed by atoms with E-state index in [2.05, 4.69) is 22.3 Å². The van der Waals surface area contributed by atoms with E-state index in [0.717, 1.165) is 37.3 Å². The van der Waals surface area contributed by atoms with Gasteiger partial charge in [-0.3, -0.25) is 19.4 Å². The predicted molar refractivity (Wildman–Crippen MR) is 134 cm³/mol. The van der Waals surface area contributed by atoms with Crippen LogP contribution in [-0.2, 0) is 9.59 Å². The molecule has 2 aromatic carbocycles. The number of hydrogen-bond acceptors (Lipinski definition) is 6. The van der Waals surface area contributed by atoms with E-state index in [0.29, 0.717) is 51.6 Å². The van der Waals surface area contributed by atoms with Crippen LogP contribution >= 0.6 is 0 Å². The number of piperazine rings is 1. The smallest absolute Gasteiger partial charge is 0.238 e. The number of anilines is 1. The first-order valence-electron chi connectivity index (χ1n) is 12.7. The highest BCUT2D eigenvalue weighted by molar-refractivity contribution is 5.92. The number of carbonyl (C=O) groups is 2. The van der Waals surface area contributed by atoms with Crippen LogP contribution in [0, 0.1) is 5.82 Å². The Morgan fingerprint density at radius 3 is 2.42 bits per heavy atom. The van der Waals surface area contributed by atoms with Gasteiger partial charge in [-0.1, -0.05) is 6.07 Å². The number of nitrogens with zero attached hydrogens (tertiary/aromatic N) is 3. The summed E-state index contributed by atoms with van der Waals surface area (Å²) in [5, 5.41) is 2.79. The lowest BCUT2D eigenvalue weighted by Gasteiger charge is -2.35. The molecule has 5 rings (SSSR count). The van der Waals surface area contributed by atoms with Crippen molar-refractivity contribution in [3.63, 3.8) is 0 Å². The van der Waals surface area contributed by atoms with Crippen molar-refractivity contribution >= 4 is 17.5 Å². The van der Waals surface area contributed by atoms with E-state index in [1.807, 2.05) is 15.9 Å². The van der Waals surface area contributed by atoms with Crippen molar-refractivity contribution in [3.05, 3.63) is 53.8 Å². The number of halogens is 1. The number of carbonyl (C=O) groups excluding carboxylic acids is 2. The van der Waals surface area contributed by atoms with Crippen molar-refractivity contribution < 1.29 is 23.5 Å². The quantitative estimate of drug-likeness (QED) is 0.663. The summed E-state index contributed by atoms with van der Waals surface area (Å²) in [5.41, 5.74) is 1.74. The lowest BCUT2D eigenvalue weighted by atomic mass is 10.0. The molecule has 8 nitrogen and oxygen atoms in total. The molecule has 3 heterocycles. The van der Waals surface area contributed by atoms with Crippen molar-refractivity contribution in [2.75, 3.05) is 64.3 Å². The van der Waals surface area contributed by atoms with E-state index in [-0.39, 0.29) is 30.2 Å². The molecule has 2 amide bonds. The largest absolute Gasteiger partial charge is 0.490 e. The van der Waals surface area contributed by atoms with Crippen molar-refractivity contribution in [1.29, 1.82) is 0 Å². The maximum atomic E-state index is 13.1. The summed E-state index contributed by atoms with van der Waals surface area (Å²) in [6.07, 6.45) is 2.95. The average Bonchev–Trinajstić information content (AvgIpc) is 3.21. The molecule has 0 aromatic heterocycles. The Morgan fingerprint density at radius 2 is 1.64 bits per heavy atom. The van der Waals surface area contributed by atoms with Gasteiger partial charge in [0.2, 0.25) is 11.8 Å². The molecule has 36 heavy (non-hydrogen) atoms. The minimum absolute atomic E-state index is 0.131. The highest BCUT2D eigenvalue weighted by atomic mass is 19.1. The Hall–Kier alpha value is -3.17. The van der Waals surface area contributed by atoms with Gasteiger partial charge in [0.05, 0.1) is 26.3 Å². The van der Waals surface area contributed by atoms with Crippen LogP contribution in [-0.4, -0.2) is 85.5 Å². The molecular formula is C27H33FN4O4. The van der Waals surface area contributed by atoms with Gasteiger partial charge in [0.25, 0.3) is 0 Å². The molecule has 3 aliphatic heterocycles. The number of rotatable bonds is 6. The minimum atomic E-state index is -0.337. The van der Waals surface area contributed by atoms with Gasteiger partial charge in [0.15, 0.2) is 11.5 Å². The Balaban J connectivity index is 1.10. The molecule has 192 valence electrons. The van der Waals surface area contributed by atoms with Crippen LogP contribution in [0.15, 0.2) is 42.5 Å². The van der Waals surface area contributed by atoms with E-state index in [9.17, 15) is 14.0 Å². The van der Waals surface area contributed by atoms with E-state index < -0.39 is 0 Å². The average molecular weight is 497 g/mol. The maximum absolute atomic E-state index is 13.1. The summed E-state index contributed by atoms with van der Waals surface area (Å²) in [5.74, 6) is 1.24. The second-order valence-corrected chi connectivity index (χ2v) is 9.60. The van der Waals surface area contributed by atoms with E-state index >= 15 is 0 Å². The van der Waals surface area contributed by atoms with Crippen LogP contribution in [0.1, 0.15) is 30.9 Å². The molecule has 0 radical (unpaired) electrons. The zero-order valence-electron chi connectivity index (χ0n) is 20.5. The molecule has 2 aromatic rings. The Bertz CT molecular complexity index is 1070. The monoisotopic (exact) mass is 496 g/mol. The van der Waals surface area contributed by atoms with E-state index in [4.69, 9.17) is 9.47 Å². The summed E-state index contributed by atoms with van der Waals surface area (Å²) < 4.78 is 24.7. The third kappa shape index (κ3) is 5.96. The van der Waals surface area contributed by atoms with Crippen LogP contribution in [0.2, 0.25) is 0 Å². The number of ether oxygens (including phenoxy) is 2. The summed E-state index contributed by atoms with van der Waals surface area (Å²) in [7, 11) is 0. The van der Waals surface area contributed by atoms with Gasteiger partial charge in [-0.2, -0.15) is 0 Å². The molecule has 0 unspecified atom stereocenters. The first-order chi connectivity index (χ1) is 17.5. The molecule has 3 aliphatic rings. The topological polar surface area (TPSA) is 74.4 Å². The lowest BCUT2D eigenvalue weighted by Crippen LogP contribution is -2.52. The van der Waals surface area contributed by atoms with Crippen molar-refractivity contribution in [2.24, 2.45) is 0 Å². The van der Waals surface area contributed by atoms with E-state index in [1.54, 1.807) is 12.1 Å². The fraction of sp³-hybridized carbons (Fsp3) is 0.481. The lowest BCUT2D eigenvalue weighted by molar-refractivity contribution is -0.134. The normalized spacial score (nSPS) is 20.7.